The van der Waals surface area contributed by atoms with Crippen molar-refractivity contribution in [3.05, 3.63) is 0 Å². The molecule has 0 unspecified atom stereocenters. The molecule has 0 atom stereocenters. The third-order valence-corrected chi connectivity index (χ3v) is 1.33. The van der Waals surface area contributed by atoms with Crippen LogP contribution in [0.1, 0.15) is 19.3 Å². The molecular weight excluding hydrogens is 100 g/mol. The molecule has 2 heteroatoms. The molecule has 1 heterocycles. The largest absolute Gasteiger partial charge is 0.328 e. The molecule has 2 nitrogen and oxygen atoms in total. The molecule has 0 spiro atoms. The fourth-order valence-corrected chi connectivity index (χ4v) is 0.273. The maximum atomic E-state index is 5.22. The van der Waals surface area contributed by atoms with E-state index in [-0.39, 0.29) is 0 Å². The molecule has 2 fully saturated rings. The lowest BCUT2D eigenvalue weighted by atomic mass is 10.3. The maximum Gasteiger partial charge on any atom is 0.00399 e. The third-order valence-electron chi connectivity index (χ3n) is 1.33. The zero-order valence-electron chi connectivity index (χ0n) is 5.19. The summed E-state index contributed by atoms with van der Waals surface area (Å²) in [5.74, 6) is 0. The fourth-order valence-electron chi connectivity index (χ4n) is 0.273. The van der Waals surface area contributed by atoms with Crippen LogP contribution >= 0.6 is 0 Å². The second-order valence-electron chi connectivity index (χ2n) is 2.44. The van der Waals surface area contributed by atoms with Gasteiger partial charge in [-0.1, -0.05) is 0 Å². The maximum absolute atomic E-state index is 5.22. The van der Waals surface area contributed by atoms with Gasteiger partial charge in [0, 0.05) is 6.04 Å². The van der Waals surface area contributed by atoms with Gasteiger partial charge in [-0.05, 0) is 32.4 Å². The van der Waals surface area contributed by atoms with E-state index in [0.717, 1.165) is 0 Å². The second kappa shape index (κ2) is 3.05. The summed E-state index contributed by atoms with van der Waals surface area (Å²) in [7, 11) is 0. The zero-order valence-corrected chi connectivity index (χ0v) is 5.19. The van der Waals surface area contributed by atoms with Gasteiger partial charge in [-0.15, -0.1) is 0 Å². The summed E-state index contributed by atoms with van der Waals surface area (Å²) in [6.07, 6.45) is 3.92. The Morgan fingerprint density at radius 1 is 1.25 bits per heavy atom. The highest BCUT2D eigenvalue weighted by Gasteiger charge is 2.13. The monoisotopic (exact) mass is 114 g/mol. The van der Waals surface area contributed by atoms with Gasteiger partial charge in [0.1, 0.15) is 0 Å². The number of hydrogen-bond acceptors (Lipinski definition) is 2. The summed E-state index contributed by atoms with van der Waals surface area (Å²) in [5.41, 5.74) is 5.22. The SMILES string of the molecule is C1CNC1.NC1CC1. The van der Waals surface area contributed by atoms with Crippen molar-refractivity contribution in [2.45, 2.75) is 25.3 Å². The van der Waals surface area contributed by atoms with Crippen molar-refractivity contribution in [2.24, 2.45) is 5.73 Å². The van der Waals surface area contributed by atoms with Crippen LogP contribution in [-0.4, -0.2) is 19.1 Å². The molecular formula is C6H14N2. The highest BCUT2D eigenvalue weighted by Crippen LogP contribution is 2.13. The minimum absolute atomic E-state index is 0.583. The first-order valence-electron chi connectivity index (χ1n) is 3.36. The summed E-state index contributed by atoms with van der Waals surface area (Å²) in [6, 6.07) is 0.583. The third kappa shape index (κ3) is 2.99. The van der Waals surface area contributed by atoms with Crippen LogP contribution in [0, 0.1) is 0 Å². The highest BCUT2D eigenvalue weighted by atomic mass is 14.9. The van der Waals surface area contributed by atoms with E-state index in [1.807, 2.05) is 0 Å². The summed E-state index contributed by atoms with van der Waals surface area (Å²) in [5, 5.41) is 3.11. The van der Waals surface area contributed by atoms with E-state index in [0.29, 0.717) is 6.04 Å². The molecule has 0 bridgehead atoms. The van der Waals surface area contributed by atoms with Crippen LogP contribution in [0.15, 0.2) is 0 Å². The average molecular weight is 114 g/mol. The van der Waals surface area contributed by atoms with Crippen molar-refractivity contribution in [3.8, 4) is 0 Å². The lowest BCUT2D eigenvalue weighted by Crippen LogP contribution is -2.29. The van der Waals surface area contributed by atoms with Crippen LogP contribution < -0.4 is 11.1 Å². The Balaban J connectivity index is 0.0000000800. The molecule has 8 heavy (non-hydrogen) atoms. The lowest BCUT2D eigenvalue weighted by molar-refractivity contribution is 0.527. The van der Waals surface area contributed by atoms with Gasteiger partial charge in [0.2, 0.25) is 0 Å². The molecule has 1 saturated carbocycles. The van der Waals surface area contributed by atoms with Crippen molar-refractivity contribution in [1.82, 2.24) is 5.32 Å². The van der Waals surface area contributed by atoms with Crippen LogP contribution in [0.2, 0.25) is 0 Å². The summed E-state index contributed by atoms with van der Waals surface area (Å²) >= 11 is 0. The number of nitrogens with one attached hydrogen (secondary N) is 1. The Morgan fingerprint density at radius 3 is 1.50 bits per heavy atom. The first-order chi connectivity index (χ1) is 3.89. The minimum atomic E-state index is 0.583. The van der Waals surface area contributed by atoms with E-state index in [4.69, 9.17) is 5.73 Å². The van der Waals surface area contributed by atoms with Gasteiger partial charge in [-0.3, -0.25) is 0 Å². The second-order valence-corrected chi connectivity index (χ2v) is 2.44. The molecule has 1 aliphatic heterocycles. The van der Waals surface area contributed by atoms with E-state index in [9.17, 15) is 0 Å². The van der Waals surface area contributed by atoms with Crippen LogP contribution in [0.3, 0.4) is 0 Å². The number of hydrogen-bond donors (Lipinski definition) is 2. The summed E-state index contributed by atoms with van der Waals surface area (Å²) in [6.45, 7) is 2.50. The minimum Gasteiger partial charge on any atom is -0.328 e. The summed E-state index contributed by atoms with van der Waals surface area (Å²) in [4.78, 5) is 0. The molecule has 48 valence electrons. The standard InChI is InChI=1S/2C3H7N/c1-2-4-3-1;4-3-1-2-3/h4H,1-3H2;3H,1-2,4H2. The molecule has 0 aromatic heterocycles. The number of rotatable bonds is 0. The topological polar surface area (TPSA) is 38.0 Å². The van der Waals surface area contributed by atoms with Crippen LogP contribution in [0.25, 0.3) is 0 Å². The zero-order chi connectivity index (χ0) is 5.82. The first kappa shape index (κ1) is 6.05. The predicted molar refractivity (Wildman–Crippen MR) is 34.7 cm³/mol. The molecule has 0 aromatic rings. The fraction of sp³-hybridized carbons (Fsp3) is 1.00. The predicted octanol–water partition coefficient (Wildman–Crippen LogP) is 0.0872. The summed E-state index contributed by atoms with van der Waals surface area (Å²) < 4.78 is 0. The van der Waals surface area contributed by atoms with Gasteiger partial charge in [0.15, 0.2) is 0 Å². The van der Waals surface area contributed by atoms with Gasteiger partial charge in [-0.25, -0.2) is 0 Å². The normalized spacial score (nSPS) is 25.1. The van der Waals surface area contributed by atoms with Gasteiger partial charge >= 0.3 is 0 Å². The van der Waals surface area contributed by atoms with Gasteiger partial charge < -0.3 is 11.1 Å². The quantitative estimate of drug-likeness (QED) is 0.468. The molecule has 3 N–H and O–H groups in total. The van der Waals surface area contributed by atoms with Gasteiger partial charge in [0.05, 0.1) is 0 Å². The Kier molecular flexibility index (Phi) is 2.30. The molecule has 0 radical (unpaired) electrons. The molecule has 2 aliphatic rings. The van der Waals surface area contributed by atoms with Crippen molar-refractivity contribution in [1.29, 1.82) is 0 Å². The Bertz CT molecular complexity index is 51.5. The molecule has 2 rings (SSSR count). The smallest absolute Gasteiger partial charge is 0.00399 e. The van der Waals surface area contributed by atoms with Crippen LogP contribution in [-0.2, 0) is 0 Å². The number of nitrogens with two attached hydrogens (primary N) is 1. The van der Waals surface area contributed by atoms with E-state index in [1.54, 1.807) is 0 Å². The highest BCUT2D eigenvalue weighted by molar-refractivity contribution is 4.75. The first-order valence-corrected chi connectivity index (χ1v) is 3.36. The average Bonchev–Trinajstić information content (AvgIpc) is 2.13. The van der Waals surface area contributed by atoms with Crippen LogP contribution in [0.5, 0.6) is 0 Å². The van der Waals surface area contributed by atoms with Gasteiger partial charge in [-0.2, -0.15) is 0 Å². The van der Waals surface area contributed by atoms with Crippen molar-refractivity contribution >= 4 is 0 Å². The lowest BCUT2D eigenvalue weighted by Gasteiger charge is -2.09. The molecule has 0 aromatic carbocycles. The Morgan fingerprint density at radius 2 is 1.50 bits per heavy atom. The van der Waals surface area contributed by atoms with Crippen molar-refractivity contribution in [2.75, 3.05) is 13.1 Å². The molecule has 1 saturated heterocycles. The van der Waals surface area contributed by atoms with Crippen LogP contribution in [0.4, 0.5) is 0 Å². The Labute approximate surface area is 50.4 Å². The molecule has 1 aliphatic carbocycles. The van der Waals surface area contributed by atoms with Crippen molar-refractivity contribution in [3.63, 3.8) is 0 Å². The van der Waals surface area contributed by atoms with E-state index < -0.39 is 0 Å². The van der Waals surface area contributed by atoms with E-state index in [2.05, 4.69) is 5.32 Å². The van der Waals surface area contributed by atoms with Crippen molar-refractivity contribution < 1.29 is 0 Å². The molecule has 0 amide bonds. The van der Waals surface area contributed by atoms with Gasteiger partial charge in [0.25, 0.3) is 0 Å². The van der Waals surface area contributed by atoms with E-state index in [1.165, 1.54) is 32.4 Å². The van der Waals surface area contributed by atoms with E-state index >= 15 is 0 Å². The Hall–Kier alpha value is -0.0800.